The highest BCUT2D eigenvalue weighted by atomic mass is 32.1. The van der Waals surface area contributed by atoms with E-state index in [2.05, 4.69) is 9.97 Å². The van der Waals surface area contributed by atoms with Crippen molar-refractivity contribution in [2.24, 2.45) is 5.41 Å². The number of aryl methyl sites for hydroxylation is 1. The number of nitrogens with zero attached hydrogens (tertiary/aromatic N) is 3. The molecule has 0 amide bonds. The number of carbonyl (C=O) groups is 1. The van der Waals surface area contributed by atoms with Crippen LogP contribution in [0, 0.1) is 18.2 Å². The standard InChI is InChI=1S/C20H20FN3O3S/c1-12-22-15-6-8-28-17(15)18(23-12)24-7-5-16(25)20(11-24,19(26)27)10-13-3-2-4-14(21)9-13/h2-4,6,8-9,16,25H,5,7,10-11H2,1H3,(H,26,27)/t16-,20-/m1/s1. The molecule has 0 aliphatic carbocycles. The van der Waals surface area contributed by atoms with E-state index in [1.165, 1.54) is 23.5 Å². The molecule has 3 heterocycles. The number of benzene rings is 1. The second kappa shape index (κ2) is 7.10. The summed E-state index contributed by atoms with van der Waals surface area (Å²) in [5.74, 6) is -0.221. The first-order chi connectivity index (χ1) is 13.4. The number of anilines is 1. The Kier molecular flexibility index (Phi) is 4.76. The third kappa shape index (κ3) is 3.22. The van der Waals surface area contributed by atoms with Crippen LogP contribution in [0.15, 0.2) is 35.7 Å². The number of piperidine rings is 1. The lowest BCUT2D eigenvalue weighted by Gasteiger charge is -2.44. The van der Waals surface area contributed by atoms with Crippen LogP contribution in [0.5, 0.6) is 0 Å². The van der Waals surface area contributed by atoms with Crippen molar-refractivity contribution >= 4 is 33.3 Å². The molecular formula is C20H20FN3O3S. The number of aliphatic hydroxyl groups is 1. The Morgan fingerprint density at radius 1 is 1.39 bits per heavy atom. The molecule has 3 aromatic rings. The molecule has 2 N–H and O–H groups in total. The molecule has 2 atom stereocenters. The number of hydrogen-bond acceptors (Lipinski definition) is 6. The molecule has 8 heteroatoms. The summed E-state index contributed by atoms with van der Waals surface area (Å²) >= 11 is 1.51. The maximum absolute atomic E-state index is 13.6. The van der Waals surface area contributed by atoms with Crippen LogP contribution >= 0.6 is 11.3 Å². The predicted molar refractivity (Wildman–Crippen MR) is 105 cm³/mol. The van der Waals surface area contributed by atoms with Gasteiger partial charge in [-0.3, -0.25) is 4.79 Å². The smallest absolute Gasteiger partial charge is 0.314 e. The number of aliphatic hydroxyl groups excluding tert-OH is 1. The van der Waals surface area contributed by atoms with Crippen molar-refractivity contribution in [1.82, 2.24) is 9.97 Å². The van der Waals surface area contributed by atoms with Gasteiger partial charge in [-0.15, -0.1) is 11.3 Å². The van der Waals surface area contributed by atoms with E-state index < -0.39 is 23.3 Å². The summed E-state index contributed by atoms with van der Waals surface area (Å²) in [5.41, 5.74) is -0.0813. The first-order valence-electron chi connectivity index (χ1n) is 9.02. The zero-order valence-corrected chi connectivity index (χ0v) is 16.1. The van der Waals surface area contributed by atoms with Crippen molar-refractivity contribution in [3.63, 3.8) is 0 Å². The minimum Gasteiger partial charge on any atom is -0.481 e. The first kappa shape index (κ1) is 18.8. The molecule has 0 bridgehead atoms. The average molecular weight is 401 g/mol. The summed E-state index contributed by atoms with van der Waals surface area (Å²) in [6, 6.07) is 7.79. The van der Waals surface area contributed by atoms with Gasteiger partial charge in [0.25, 0.3) is 0 Å². The van der Waals surface area contributed by atoms with Gasteiger partial charge in [0, 0.05) is 13.1 Å². The molecule has 146 valence electrons. The van der Waals surface area contributed by atoms with Crippen molar-refractivity contribution in [3.05, 3.63) is 52.9 Å². The van der Waals surface area contributed by atoms with Gasteiger partial charge in [0.15, 0.2) is 0 Å². The first-order valence-corrected chi connectivity index (χ1v) is 9.90. The highest BCUT2D eigenvalue weighted by Crippen LogP contribution is 2.39. The third-order valence-electron chi connectivity index (χ3n) is 5.31. The van der Waals surface area contributed by atoms with Crippen LogP contribution < -0.4 is 4.90 Å². The number of carboxylic acids is 1. The van der Waals surface area contributed by atoms with Gasteiger partial charge in [-0.2, -0.15) is 0 Å². The molecule has 0 radical (unpaired) electrons. The van der Waals surface area contributed by atoms with Crippen molar-refractivity contribution in [1.29, 1.82) is 0 Å². The molecule has 2 aromatic heterocycles. The van der Waals surface area contributed by atoms with Crippen LogP contribution in [-0.4, -0.2) is 45.3 Å². The molecule has 4 rings (SSSR count). The van der Waals surface area contributed by atoms with E-state index >= 15 is 0 Å². The highest BCUT2D eigenvalue weighted by Gasteiger charge is 2.49. The Bertz CT molecular complexity index is 1040. The van der Waals surface area contributed by atoms with Gasteiger partial charge >= 0.3 is 5.97 Å². The molecule has 0 spiro atoms. The monoisotopic (exact) mass is 401 g/mol. The largest absolute Gasteiger partial charge is 0.481 e. The van der Waals surface area contributed by atoms with E-state index in [9.17, 15) is 19.4 Å². The summed E-state index contributed by atoms with van der Waals surface area (Å²) < 4.78 is 14.5. The minimum absolute atomic E-state index is 0.0371. The predicted octanol–water partition coefficient (Wildman–Crippen LogP) is 3.02. The van der Waals surface area contributed by atoms with Crippen LogP contribution in [-0.2, 0) is 11.2 Å². The Morgan fingerprint density at radius 2 is 2.21 bits per heavy atom. The SMILES string of the molecule is Cc1nc(N2CC[C@@H](O)[C@](Cc3cccc(F)c3)(C(=O)O)C2)c2sccc2n1. The Labute approximate surface area is 165 Å². The van der Waals surface area contributed by atoms with Gasteiger partial charge in [0.2, 0.25) is 0 Å². The second-order valence-corrected chi connectivity index (χ2v) is 8.14. The van der Waals surface area contributed by atoms with Crippen LogP contribution in [0.2, 0.25) is 0 Å². The summed E-state index contributed by atoms with van der Waals surface area (Å²) in [4.78, 5) is 23.2. The fourth-order valence-electron chi connectivity index (χ4n) is 3.91. The molecule has 1 aliphatic heterocycles. The fraction of sp³-hybridized carbons (Fsp3) is 0.350. The van der Waals surface area contributed by atoms with Crippen LogP contribution in [0.25, 0.3) is 10.2 Å². The highest BCUT2D eigenvalue weighted by molar-refractivity contribution is 7.17. The van der Waals surface area contributed by atoms with Crippen molar-refractivity contribution < 1.29 is 19.4 Å². The van der Waals surface area contributed by atoms with Gasteiger partial charge in [-0.1, -0.05) is 12.1 Å². The average Bonchev–Trinajstić information content (AvgIpc) is 3.11. The van der Waals surface area contributed by atoms with Crippen LogP contribution in [0.3, 0.4) is 0 Å². The molecule has 1 aliphatic rings. The Balaban J connectivity index is 1.74. The van der Waals surface area contributed by atoms with Crippen molar-refractivity contribution in [3.8, 4) is 0 Å². The van der Waals surface area contributed by atoms with Gasteiger partial charge in [-0.05, 0) is 48.9 Å². The number of fused-ring (bicyclic) bond motifs is 1. The summed E-state index contributed by atoms with van der Waals surface area (Å²) in [5, 5.41) is 22.7. The van der Waals surface area contributed by atoms with Crippen LogP contribution in [0.4, 0.5) is 10.2 Å². The third-order valence-corrected chi connectivity index (χ3v) is 6.21. The topological polar surface area (TPSA) is 86.5 Å². The van der Waals surface area contributed by atoms with E-state index in [1.54, 1.807) is 19.1 Å². The van der Waals surface area contributed by atoms with E-state index in [0.717, 1.165) is 10.2 Å². The lowest BCUT2D eigenvalue weighted by molar-refractivity contribution is -0.157. The molecule has 1 aromatic carbocycles. The number of hydrogen-bond donors (Lipinski definition) is 2. The minimum atomic E-state index is -1.45. The Morgan fingerprint density at radius 3 is 2.96 bits per heavy atom. The zero-order chi connectivity index (χ0) is 19.9. The molecular weight excluding hydrogens is 381 g/mol. The lowest BCUT2D eigenvalue weighted by atomic mass is 9.73. The molecule has 1 fully saturated rings. The van der Waals surface area contributed by atoms with Crippen molar-refractivity contribution in [2.75, 3.05) is 18.0 Å². The molecule has 0 unspecified atom stereocenters. The summed E-state index contributed by atoms with van der Waals surface area (Å²) in [6.07, 6.45) is -0.710. The van der Waals surface area contributed by atoms with Gasteiger partial charge in [0.1, 0.15) is 22.9 Å². The van der Waals surface area contributed by atoms with Gasteiger partial charge in [0.05, 0.1) is 16.3 Å². The molecule has 6 nitrogen and oxygen atoms in total. The van der Waals surface area contributed by atoms with E-state index in [0.29, 0.717) is 23.8 Å². The number of thiophene rings is 1. The van der Waals surface area contributed by atoms with E-state index in [-0.39, 0.29) is 19.4 Å². The summed E-state index contributed by atoms with van der Waals surface area (Å²) in [7, 11) is 0. The number of aromatic nitrogens is 2. The number of halogens is 1. The summed E-state index contributed by atoms with van der Waals surface area (Å²) in [6.45, 7) is 2.38. The van der Waals surface area contributed by atoms with E-state index in [4.69, 9.17) is 0 Å². The van der Waals surface area contributed by atoms with Gasteiger partial charge < -0.3 is 15.1 Å². The fourth-order valence-corrected chi connectivity index (χ4v) is 4.75. The quantitative estimate of drug-likeness (QED) is 0.699. The number of carboxylic acid groups (broad SMARTS) is 1. The number of rotatable bonds is 4. The van der Waals surface area contributed by atoms with Crippen LogP contribution in [0.1, 0.15) is 17.8 Å². The lowest BCUT2D eigenvalue weighted by Crippen LogP contribution is -2.57. The molecule has 1 saturated heterocycles. The number of aliphatic carboxylic acids is 1. The Hall–Kier alpha value is -2.58. The normalized spacial score (nSPS) is 22.5. The van der Waals surface area contributed by atoms with Crippen molar-refractivity contribution in [2.45, 2.75) is 25.9 Å². The van der Waals surface area contributed by atoms with E-state index in [1.807, 2.05) is 16.3 Å². The maximum Gasteiger partial charge on any atom is 0.314 e. The second-order valence-electron chi connectivity index (χ2n) is 7.22. The zero-order valence-electron chi connectivity index (χ0n) is 15.3. The maximum atomic E-state index is 13.6. The molecule has 28 heavy (non-hydrogen) atoms. The van der Waals surface area contributed by atoms with Gasteiger partial charge in [-0.25, -0.2) is 14.4 Å². The molecule has 0 saturated carbocycles.